The zero-order valence-electron chi connectivity index (χ0n) is 11.0. The first-order valence-electron chi connectivity index (χ1n) is 6.44. The zero-order chi connectivity index (χ0) is 14.6. The number of halogens is 1. The third-order valence-corrected chi connectivity index (χ3v) is 5.53. The summed E-state index contributed by atoms with van der Waals surface area (Å²) in [5, 5.41) is 9.92. The Kier molecular flexibility index (Phi) is 5.79. The van der Waals surface area contributed by atoms with Crippen molar-refractivity contribution in [2.45, 2.75) is 6.29 Å². The molecule has 7 heteroatoms. The average Bonchev–Trinajstić information content (AvgIpc) is 2.40. The van der Waals surface area contributed by atoms with Gasteiger partial charge in [0.25, 0.3) is 0 Å². The van der Waals surface area contributed by atoms with Gasteiger partial charge in [0.1, 0.15) is 0 Å². The van der Waals surface area contributed by atoms with Crippen LogP contribution in [0.5, 0.6) is 0 Å². The Morgan fingerprint density at radius 2 is 2.05 bits per heavy atom. The van der Waals surface area contributed by atoms with Gasteiger partial charge < -0.3 is 9.84 Å². The molecule has 0 amide bonds. The van der Waals surface area contributed by atoms with Crippen LogP contribution in [-0.4, -0.2) is 56.2 Å². The van der Waals surface area contributed by atoms with Crippen molar-refractivity contribution in [3.8, 4) is 0 Å². The summed E-state index contributed by atoms with van der Waals surface area (Å²) in [6.45, 7) is 2.11. The fourth-order valence-electron chi connectivity index (χ4n) is 2.02. The number of hydrogen-bond acceptors (Lipinski definition) is 5. The van der Waals surface area contributed by atoms with E-state index in [0.29, 0.717) is 26.2 Å². The number of ether oxygens (including phenoxy) is 1. The lowest BCUT2D eigenvalue weighted by atomic mass is 10.2. The van der Waals surface area contributed by atoms with E-state index in [9.17, 15) is 13.5 Å². The predicted octanol–water partition coefficient (Wildman–Crippen LogP) is 1.03. The maximum atomic E-state index is 11.3. The highest BCUT2D eigenvalue weighted by Gasteiger charge is 2.21. The Morgan fingerprint density at radius 3 is 2.70 bits per heavy atom. The van der Waals surface area contributed by atoms with Crippen molar-refractivity contribution < 1.29 is 18.3 Å². The van der Waals surface area contributed by atoms with Crippen LogP contribution in [0, 0.1) is 3.57 Å². The molecule has 0 bridgehead atoms. The molecule has 1 atom stereocenters. The molecule has 1 aliphatic rings. The largest absolute Gasteiger partial charge is 0.364 e. The zero-order valence-corrected chi connectivity index (χ0v) is 14.0. The molecule has 1 heterocycles. The van der Waals surface area contributed by atoms with E-state index in [2.05, 4.69) is 22.6 Å². The van der Waals surface area contributed by atoms with Crippen LogP contribution < -0.4 is 0 Å². The lowest BCUT2D eigenvalue weighted by Crippen LogP contribution is -2.41. The highest BCUT2D eigenvalue weighted by atomic mass is 127. The normalized spacial score (nSPS) is 20.7. The average molecular weight is 411 g/mol. The molecule has 1 fully saturated rings. The van der Waals surface area contributed by atoms with E-state index in [4.69, 9.17) is 4.74 Å². The number of benzene rings is 1. The van der Waals surface area contributed by atoms with Gasteiger partial charge >= 0.3 is 0 Å². The molecule has 0 saturated carbocycles. The van der Waals surface area contributed by atoms with Gasteiger partial charge in [-0.1, -0.05) is 12.1 Å². The van der Waals surface area contributed by atoms with Gasteiger partial charge in [0.05, 0.1) is 18.1 Å². The second-order valence-electron chi connectivity index (χ2n) is 4.77. The first-order chi connectivity index (χ1) is 9.46. The second-order valence-corrected chi connectivity index (χ2v) is 8.32. The molecule has 0 aromatic heterocycles. The van der Waals surface area contributed by atoms with Gasteiger partial charge in [0, 0.05) is 28.8 Å². The molecule has 0 radical (unpaired) electrons. The summed E-state index contributed by atoms with van der Waals surface area (Å²) in [7, 11) is -2.84. The van der Waals surface area contributed by atoms with E-state index >= 15 is 0 Å². The van der Waals surface area contributed by atoms with Crippen molar-refractivity contribution in [1.29, 1.82) is 0 Å². The van der Waals surface area contributed by atoms with E-state index in [1.165, 1.54) is 0 Å². The Bertz CT molecular complexity index is 535. The molecular weight excluding hydrogens is 393 g/mol. The van der Waals surface area contributed by atoms with Gasteiger partial charge in [0.2, 0.25) is 0 Å². The molecule has 1 N–H and O–H groups in total. The van der Waals surface area contributed by atoms with Crippen LogP contribution in [0.15, 0.2) is 24.3 Å². The summed E-state index contributed by atoms with van der Waals surface area (Å²) in [4.78, 5) is 2.04. The Labute approximate surface area is 133 Å². The first kappa shape index (κ1) is 16.2. The molecule has 1 aliphatic heterocycles. The third-order valence-electron chi connectivity index (χ3n) is 3.25. The van der Waals surface area contributed by atoms with Crippen molar-refractivity contribution in [3.05, 3.63) is 33.4 Å². The van der Waals surface area contributed by atoms with Crippen LogP contribution in [0.4, 0.5) is 0 Å². The minimum absolute atomic E-state index is 0.215. The monoisotopic (exact) mass is 411 g/mol. The van der Waals surface area contributed by atoms with E-state index < -0.39 is 16.1 Å². The van der Waals surface area contributed by atoms with Gasteiger partial charge in [-0.3, -0.25) is 4.90 Å². The highest BCUT2D eigenvalue weighted by molar-refractivity contribution is 14.1. The Balaban J connectivity index is 1.73. The van der Waals surface area contributed by atoms with Gasteiger partial charge in [-0.25, -0.2) is 8.42 Å². The van der Waals surface area contributed by atoms with Crippen molar-refractivity contribution in [2.75, 3.05) is 37.7 Å². The molecule has 20 heavy (non-hydrogen) atoms. The number of hydrogen-bond donors (Lipinski definition) is 1. The fraction of sp³-hybridized carbons (Fsp3) is 0.538. The molecule has 112 valence electrons. The van der Waals surface area contributed by atoms with E-state index in [-0.39, 0.29) is 11.5 Å². The van der Waals surface area contributed by atoms with Crippen molar-refractivity contribution in [1.82, 2.24) is 4.90 Å². The highest BCUT2D eigenvalue weighted by Crippen LogP contribution is 2.17. The van der Waals surface area contributed by atoms with Gasteiger partial charge in [0.15, 0.2) is 16.1 Å². The third kappa shape index (κ3) is 4.96. The van der Waals surface area contributed by atoms with Gasteiger partial charge in [-0.2, -0.15) is 0 Å². The molecule has 1 aromatic carbocycles. The molecule has 1 aromatic rings. The van der Waals surface area contributed by atoms with Crippen LogP contribution in [0.25, 0.3) is 0 Å². The molecular formula is C13H18INO4S. The van der Waals surface area contributed by atoms with Crippen LogP contribution in [0.1, 0.15) is 11.9 Å². The SMILES string of the molecule is O=S1(=O)CCN(CCOC(O)c2cccc(I)c2)CC1. The minimum atomic E-state index is -2.84. The van der Waals surface area contributed by atoms with E-state index in [1.807, 2.05) is 29.2 Å². The minimum Gasteiger partial charge on any atom is -0.364 e. The van der Waals surface area contributed by atoms with Gasteiger partial charge in [-0.05, 0) is 34.7 Å². The summed E-state index contributed by atoms with van der Waals surface area (Å²) in [5.74, 6) is 0.429. The number of sulfone groups is 1. The lowest BCUT2D eigenvalue weighted by molar-refractivity contribution is -0.106. The van der Waals surface area contributed by atoms with E-state index in [1.54, 1.807) is 0 Å². The smallest absolute Gasteiger partial charge is 0.181 e. The van der Waals surface area contributed by atoms with Crippen molar-refractivity contribution in [2.24, 2.45) is 0 Å². The molecule has 5 nitrogen and oxygen atoms in total. The van der Waals surface area contributed by atoms with Gasteiger partial charge in [-0.15, -0.1) is 0 Å². The standard InChI is InChI=1S/C13H18INO4S/c14-12-3-1-2-11(10-12)13(16)19-7-4-15-5-8-20(17,18)9-6-15/h1-3,10,13,16H,4-9H2. The van der Waals surface area contributed by atoms with E-state index in [0.717, 1.165) is 9.13 Å². The number of aliphatic hydroxyl groups excluding tert-OH is 1. The summed E-state index contributed by atoms with van der Waals surface area (Å²) in [6, 6.07) is 7.52. The summed E-state index contributed by atoms with van der Waals surface area (Å²) < 4.78 is 29.0. The molecule has 0 aliphatic carbocycles. The molecule has 1 unspecified atom stereocenters. The fourth-order valence-corrected chi connectivity index (χ4v) is 3.87. The maximum Gasteiger partial charge on any atom is 0.181 e. The number of rotatable bonds is 5. The quantitative estimate of drug-likeness (QED) is 0.579. The summed E-state index contributed by atoms with van der Waals surface area (Å²) in [5.41, 5.74) is 0.734. The second kappa shape index (κ2) is 7.17. The van der Waals surface area contributed by atoms with Crippen LogP contribution >= 0.6 is 22.6 Å². The number of aliphatic hydroxyl groups is 1. The Morgan fingerprint density at radius 1 is 1.35 bits per heavy atom. The molecule has 1 saturated heterocycles. The summed E-state index contributed by atoms with van der Waals surface area (Å²) >= 11 is 2.18. The summed E-state index contributed by atoms with van der Waals surface area (Å²) in [6.07, 6.45) is -0.932. The van der Waals surface area contributed by atoms with Crippen molar-refractivity contribution >= 4 is 32.4 Å². The first-order valence-corrected chi connectivity index (χ1v) is 9.34. The van der Waals surface area contributed by atoms with Crippen LogP contribution in [0.2, 0.25) is 0 Å². The predicted molar refractivity (Wildman–Crippen MR) is 85.2 cm³/mol. The maximum absolute atomic E-state index is 11.3. The van der Waals surface area contributed by atoms with Crippen molar-refractivity contribution in [3.63, 3.8) is 0 Å². The number of nitrogens with zero attached hydrogens (tertiary/aromatic N) is 1. The van der Waals surface area contributed by atoms with Crippen LogP contribution in [-0.2, 0) is 14.6 Å². The van der Waals surface area contributed by atoms with Crippen LogP contribution in [0.3, 0.4) is 0 Å². The molecule has 2 rings (SSSR count). The Hall–Kier alpha value is -0.220. The topological polar surface area (TPSA) is 66.8 Å². The molecule has 0 spiro atoms. The lowest BCUT2D eigenvalue weighted by Gasteiger charge is -2.26.